The summed E-state index contributed by atoms with van der Waals surface area (Å²) in [7, 11) is 1.67. The maximum absolute atomic E-state index is 6.14. The van der Waals surface area contributed by atoms with Crippen molar-refractivity contribution in [1.29, 1.82) is 0 Å². The lowest BCUT2D eigenvalue weighted by Gasteiger charge is -2.22. The molecular formula is C16H25NO2. The van der Waals surface area contributed by atoms with Gasteiger partial charge in [-0.25, -0.2) is 0 Å². The van der Waals surface area contributed by atoms with Gasteiger partial charge in [-0.1, -0.05) is 31.4 Å². The van der Waals surface area contributed by atoms with E-state index >= 15 is 0 Å². The first-order valence-electron chi connectivity index (χ1n) is 7.27. The molecule has 19 heavy (non-hydrogen) atoms. The standard InChI is InChI=1S/C16H25NO2/c1-18-15-9-7-14(8-10-15)16(17)12-19-11-13-5-3-2-4-6-13/h7-10,13,16H,2-6,11-12,17H2,1H3. The summed E-state index contributed by atoms with van der Waals surface area (Å²) in [4.78, 5) is 0. The van der Waals surface area contributed by atoms with Gasteiger partial charge in [-0.15, -0.1) is 0 Å². The van der Waals surface area contributed by atoms with E-state index in [1.807, 2.05) is 24.3 Å². The lowest BCUT2D eigenvalue weighted by atomic mass is 9.90. The van der Waals surface area contributed by atoms with Crippen LogP contribution in [-0.4, -0.2) is 20.3 Å². The molecule has 1 atom stereocenters. The van der Waals surface area contributed by atoms with Crippen molar-refractivity contribution < 1.29 is 9.47 Å². The van der Waals surface area contributed by atoms with Gasteiger partial charge in [-0.2, -0.15) is 0 Å². The first-order chi connectivity index (χ1) is 9.29. The van der Waals surface area contributed by atoms with E-state index in [0.717, 1.165) is 23.8 Å². The molecule has 1 saturated carbocycles. The minimum absolute atomic E-state index is 0.0468. The highest BCUT2D eigenvalue weighted by Gasteiger charge is 2.14. The predicted molar refractivity (Wildman–Crippen MR) is 77.3 cm³/mol. The van der Waals surface area contributed by atoms with E-state index in [9.17, 15) is 0 Å². The summed E-state index contributed by atoms with van der Waals surface area (Å²) in [5.41, 5.74) is 7.24. The van der Waals surface area contributed by atoms with Crippen molar-refractivity contribution in [1.82, 2.24) is 0 Å². The fourth-order valence-electron chi connectivity index (χ4n) is 2.66. The predicted octanol–water partition coefficient (Wildman–Crippen LogP) is 3.29. The highest BCUT2D eigenvalue weighted by molar-refractivity contribution is 5.28. The Hall–Kier alpha value is -1.06. The number of ether oxygens (including phenoxy) is 2. The molecule has 0 aromatic heterocycles. The molecule has 0 heterocycles. The van der Waals surface area contributed by atoms with Gasteiger partial charge < -0.3 is 15.2 Å². The molecule has 106 valence electrons. The van der Waals surface area contributed by atoms with Gasteiger partial charge in [-0.05, 0) is 36.5 Å². The second-order valence-electron chi connectivity index (χ2n) is 5.42. The number of hydrogen-bond acceptors (Lipinski definition) is 3. The van der Waals surface area contributed by atoms with Crippen LogP contribution in [0.25, 0.3) is 0 Å². The summed E-state index contributed by atoms with van der Waals surface area (Å²) in [6.07, 6.45) is 6.74. The van der Waals surface area contributed by atoms with Gasteiger partial charge in [0, 0.05) is 6.61 Å². The summed E-state index contributed by atoms with van der Waals surface area (Å²) in [5, 5.41) is 0. The molecule has 3 heteroatoms. The third-order valence-corrected chi connectivity index (χ3v) is 3.92. The van der Waals surface area contributed by atoms with Crippen molar-refractivity contribution in [2.45, 2.75) is 38.1 Å². The van der Waals surface area contributed by atoms with E-state index in [1.165, 1.54) is 32.1 Å². The van der Waals surface area contributed by atoms with Crippen LogP contribution in [0.15, 0.2) is 24.3 Å². The van der Waals surface area contributed by atoms with Crippen LogP contribution in [0.3, 0.4) is 0 Å². The summed E-state index contributed by atoms with van der Waals surface area (Å²) >= 11 is 0. The normalized spacial score (nSPS) is 18.2. The summed E-state index contributed by atoms with van der Waals surface area (Å²) in [6.45, 7) is 1.46. The molecule has 1 unspecified atom stereocenters. The van der Waals surface area contributed by atoms with Gasteiger partial charge in [0.05, 0.1) is 19.8 Å². The second kappa shape index (κ2) is 7.51. The van der Waals surface area contributed by atoms with E-state index < -0.39 is 0 Å². The minimum Gasteiger partial charge on any atom is -0.497 e. The molecule has 1 aliphatic rings. The lowest BCUT2D eigenvalue weighted by Crippen LogP contribution is -2.20. The third-order valence-electron chi connectivity index (χ3n) is 3.92. The zero-order valence-electron chi connectivity index (χ0n) is 11.8. The largest absolute Gasteiger partial charge is 0.497 e. The van der Waals surface area contributed by atoms with E-state index in [1.54, 1.807) is 7.11 Å². The van der Waals surface area contributed by atoms with E-state index in [0.29, 0.717) is 6.61 Å². The molecule has 0 radical (unpaired) electrons. The van der Waals surface area contributed by atoms with Crippen LogP contribution in [0.1, 0.15) is 43.7 Å². The molecule has 1 aromatic carbocycles. The van der Waals surface area contributed by atoms with Gasteiger partial charge in [-0.3, -0.25) is 0 Å². The maximum Gasteiger partial charge on any atom is 0.118 e. The van der Waals surface area contributed by atoms with Crippen LogP contribution in [0.2, 0.25) is 0 Å². The number of methoxy groups -OCH3 is 1. The second-order valence-corrected chi connectivity index (χ2v) is 5.42. The van der Waals surface area contributed by atoms with Gasteiger partial charge in [0.1, 0.15) is 5.75 Å². The fourth-order valence-corrected chi connectivity index (χ4v) is 2.66. The van der Waals surface area contributed by atoms with Crippen molar-refractivity contribution in [2.24, 2.45) is 11.7 Å². The molecule has 0 saturated heterocycles. The van der Waals surface area contributed by atoms with Crippen LogP contribution >= 0.6 is 0 Å². The molecular weight excluding hydrogens is 238 g/mol. The van der Waals surface area contributed by atoms with Gasteiger partial charge in [0.15, 0.2) is 0 Å². The van der Waals surface area contributed by atoms with Crippen molar-refractivity contribution in [3.05, 3.63) is 29.8 Å². The Balaban J connectivity index is 1.72. The SMILES string of the molecule is COc1ccc(C(N)COCC2CCCCC2)cc1. The van der Waals surface area contributed by atoms with Crippen molar-refractivity contribution in [3.8, 4) is 5.75 Å². The zero-order valence-corrected chi connectivity index (χ0v) is 11.8. The Labute approximate surface area is 116 Å². The Morgan fingerprint density at radius 3 is 2.47 bits per heavy atom. The molecule has 1 aromatic rings. The van der Waals surface area contributed by atoms with Crippen LogP contribution in [0.4, 0.5) is 0 Å². The number of rotatable bonds is 6. The Morgan fingerprint density at radius 1 is 1.16 bits per heavy atom. The Morgan fingerprint density at radius 2 is 1.84 bits per heavy atom. The van der Waals surface area contributed by atoms with Crippen molar-refractivity contribution in [2.75, 3.05) is 20.3 Å². The van der Waals surface area contributed by atoms with Crippen LogP contribution < -0.4 is 10.5 Å². The van der Waals surface area contributed by atoms with Crippen LogP contribution in [0.5, 0.6) is 5.75 Å². The molecule has 0 amide bonds. The summed E-state index contributed by atoms with van der Waals surface area (Å²) in [6, 6.07) is 7.85. The number of benzene rings is 1. The molecule has 0 bridgehead atoms. The third kappa shape index (κ3) is 4.51. The lowest BCUT2D eigenvalue weighted by molar-refractivity contribution is 0.0759. The monoisotopic (exact) mass is 263 g/mol. The van der Waals surface area contributed by atoms with E-state index in [-0.39, 0.29) is 6.04 Å². The zero-order chi connectivity index (χ0) is 13.5. The fraction of sp³-hybridized carbons (Fsp3) is 0.625. The average Bonchev–Trinajstić information content (AvgIpc) is 2.48. The molecule has 0 aliphatic heterocycles. The molecule has 2 N–H and O–H groups in total. The van der Waals surface area contributed by atoms with Crippen molar-refractivity contribution in [3.63, 3.8) is 0 Å². The first-order valence-corrected chi connectivity index (χ1v) is 7.27. The van der Waals surface area contributed by atoms with E-state index in [2.05, 4.69) is 0 Å². The number of nitrogens with two attached hydrogens (primary N) is 1. The van der Waals surface area contributed by atoms with Crippen LogP contribution in [-0.2, 0) is 4.74 Å². The highest BCUT2D eigenvalue weighted by atomic mass is 16.5. The minimum atomic E-state index is -0.0468. The summed E-state index contributed by atoms with van der Waals surface area (Å²) in [5.74, 6) is 1.61. The molecule has 1 aliphatic carbocycles. The van der Waals surface area contributed by atoms with Gasteiger partial charge in [0.2, 0.25) is 0 Å². The van der Waals surface area contributed by atoms with Crippen LogP contribution in [0, 0.1) is 5.92 Å². The Bertz CT molecular complexity index is 358. The van der Waals surface area contributed by atoms with E-state index in [4.69, 9.17) is 15.2 Å². The van der Waals surface area contributed by atoms with Gasteiger partial charge >= 0.3 is 0 Å². The first kappa shape index (κ1) is 14.4. The summed E-state index contributed by atoms with van der Waals surface area (Å²) < 4.78 is 10.9. The smallest absolute Gasteiger partial charge is 0.118 e. The highest BCUT2D eigenvalue weighted by Crippen LogP contribution is 2.24. The average molecular weight is 263 g/mol. The Kier molecular flexibility index (Phi) is 5.67. The van der Waals surface area contributed by atoms with Gasteiger partial charge in [0.25, 0.3) is 0 Å². The molecule has 2 rings (SSSR count). The number of hydrogen-bond donors (Lipinski definition) is 1. The molecule has 0 spiro atoms. The topological polar surface area (TPSA) is 44.5 Å². The quantitative estimate of drug-likeness (QED) is 0.856. The maximum atomic E-state index is 6.14. The molecule has 3 nitrogen and oxygen atoms in total. The van der Waals surface area contributed by atoms with Crippen molar-refractivity contribution >= 4 is 0 Å². The molecule has 1 fully saturated rings.